The zero-order valence-electron chi connectivity index (χ0n) is 13.9. The molecule has 0 unspecified atom stereocenters. The van der Waals surface area contributed by atoms with Crippen LogP contribution in [0.15, 0.2) is 5.38 Å². The fourth-order valence-electron chi connectivity index (χ4n) is 2.54. The van der Waals surface area contributed by atoms with E-state index in [9.17, 15) is 9.59 Å². The van der Waals surface area contributed by atoms with E-state index in [0.29, 0.717) is 10.1 Å². The number of anilines is 1. The van der Waals surface area contributed by atoms with Crippen LogP contribution in [0.3, 0.4) is 0 Å². The summed E-state index contributed by atoms with van der Waals surface area (Å²) in [6, 6.07) is 0. The van der Waals surface area contributed by atoms with Gasteiger partial charge in [-0.25, -0.2) is 9.97 Å². The van der Waals surface area contributed by atoms with Gasteiger partial charge in [0.2, 0.25) is 5.91 Å². The number of carbonyl (C=O) groups excluding carboxylic acids is 2. The van der Waals surface area contributed by atoms with Gasteiger partial charge in [-0.1, -0.05) is 11.3 Å². The molecule has 0 saturated carbocycles. The van der Waals surface area contributed by atoms with Crippen LogP contribution in [-0.4, -0.2) is 59.9 Å². The van der Waals surface area contributed by atoms with Gasteiger partial charge < -0.3 is 15.1 Å². The Kier molecular flexibility index (Phi) is 4.93. The first kappa shape index (κ1) is 17.0. The maximum absolute atomic E-state index is 12.6. The van der Waals surface area contributed by atoms with Crippen molar-refractivity contribution in [3.8, 4) is 10.6 Å². The van der Waals surface area contributed by atoms with Gasteiger partial charge in [-0.05, 0) is 6.92 Å². The minimum atomic E-state index is -0.151. The summed E-state index contributed by atoms with van der Waals surface area (Å²) in [6.07, 6.45) is 0. The number of nitrogens with zero attached hydrogens (tertiary/aromatic N) is 3. The lowest BCUT2D eigenvalue weighted by Gasteiger charge is -2.29. The summed E-state index contributed by atoms with van der Waals surface area (Å²) in [5.74, 6) is -0.148. The van der Waals surface area contributed by atoms with E-state index in [1.165, 1.54) is 34.5 Å². The Hall–Kier alpha value is -1.84. The number of amides is 2. The van der Waals surface area contributed by atoms with Crippen LogP contribution >= 0.6 is 22.7 Å². The molecule has 1 aliphatic heterocycles. The Morgan fingerprint density at radius 1 is 1.29 bits per heavy atom. The van der Waals surface area contributed by atoms with E-state index in [1.807, 2.05) is 17.2 Å². The van der Waals surface area contributed by atoms with E-state index in [-0.39, 0.29) is 11.8 Å². The van der Waals surface area contributed by atoms with Crippen molar-refractivity contribution in [2.75, 3.05) is 38.5 Å². The third kappa shape index (κ3) is 3.63. The summed E-state index contributed by atoms with van der Waals surface area (Å²) < 4.78 is 0. The minimum absolute atomic E-state index is 0.00278. The molecular weight excluding hydrogens is 346 g/mol. The Labute approximate surface area is 148 Å². The first-order valence-electron chi connectivity index (χ1n) is 7.75. The highest BCUT2D eigenvalue weighted by molar-refractivity contribution is 7.19. The number of quaternary nitrogens is 1. The van der Waals surface area contributed by atoms with Gasteiger partial charge in [-0.2, -0.15) is 0 Å². The second-order valence-electron chi connectivity index (χ2n) is 5.90. The Morgan fingerprint density at radius 2 is 2.00 bits per heavy atom. The summed E-state index contributed by atoms with van der Waals surface area (Å²) in [6.45, 7) is 6.81. The Balaban J connectivity index is 1.77. The molecule has 0 radical (unpaired) electrons. The fraction of sp³-hybridized carbons (Fsp3) is 0.467. The van der Waals surface area contributed by atoms with E-state index >= 15 is 0 Å². The number of rotatable bonds is 3. The highest BCUT2D eigenvalue weighted by Gasteiger charge is 2.25. The third-order valence-corrected chi connectivity index (χ3v) is 5.83. The molecule has 0 atom stereocenters. The smallest absolute Gasteiger partial charge is 0.283 e. The average Bonchev–Trinajstić information content (AvgIpc) is 3.13. The molecule has 0 aromatic carbocycles. The molecule has 2 aromatic heterocycles. The molecule has 7 nitrogen and oxygen atoms in total. The predicted octanol–water partition coefficient (Wildman–Crippen LogP) is 0.504. The predicted molar refractivity (Wildman–Crippen MR) is 94.8 cm³/mol. The summed E-state index contributed by atoms with van der Waals surface area (Å²) in [7, 11) is 2.14. The van der Waals surface area contributed by atoms with Crippen LogP contribution in [0, 0.1) is 6.92 Å². The molecule has 2 N–H and O–H groups in total. The van der Waals surface area contributed by atoms with E-state index in [2.05, 4.69) is 22.3 Å². The molecule has 2 amide bonds. The molecule has 128 valence electrons. The second kappa shape index (κ2) is 6.96. The fourth-order valence-corrected chi connectivity index (χ4v) is 4.36. The zero-order valence-corrected chi connectivity index (χ0v) is 15.5. The van der Waals surface area contributed by atoms with Crippen LogP contribution in [0.25, 0.3) is 10.6 Å². The normalized spacial score (nSPS) is 15.5. The maximum Gasteiger partial charge on any atom is 0.283 e. The lowest BCUT2D eigenvalue weighted by Crippen LogP contribution is -3.12. The van der Waals surface area contributed by atoms with E-state index in [1.54, 1.807) is 0 Å². The molecular formula is C15H20N5O2S2+. The minimum Gasteiger partial charge on any atom is -0.334 e. The molecule has 0 spiro atoms. The summed E-state index contributed by atoms with van der Waals surface area (Å²) >= 11 is 2.74. The number of piperazine rings is 1. The lowest BCUT2D eigenvalue weighted by molar-refractivity contribution is -0.883. The quantitative estimate of drug-likeness (QED) is 0.829. The average molecular weight is 366 g/mol. The van der Waals surface area contributed by atoms with E-state index in [4.69, 9.17) is 0 Å². The Morgan fingerprint density at radius 3 is 2.67 bits per heavy atom. The molecule has 1 saturated heterocycles. The number of likely N-dealkylation sites (N-methyl/N-ethyl adjacent to an activating group) is 1. The molecule has 9 heteroatoms. The van der Waals surface area contributed by atoms with Crippen LogP contribution in [-0.2, 0) is 4.79 Å². The number of aryl methyl sites for hydroxylation is 1. The highest BCUT2D eigenvalue weighted by atomic mass is 32.1. The zero-order chi connectivity index (χ0) is 17.3. The summed E-state index contributed by atoms with van der Waals surface area (Å²) in [5, 5.41) is 5.64. The molecule has 3 rings (SSSR count). The van der Waals surface area contributed by atoms with Crippen molar-refractivity contribution in [1.29, 1.82) is 0 Å². The van der Waals surface area contributed by atoms with Crippen LogP contribution in [0.5, 0.6) is 0 Å². The van der Waals surface area contributed by atoms with Crippen molar-refractivity contribution < 1.29 is 14.5 Å². The third-order valence-electron chi connectivity index (χ3n) is 3.90. The number of thiazole rings is 2. The van der Waals surface area contributed by atoms with E-state index < -0.39 is 0 Å². The van der Waals surface area contributed by atoms with Crippen molar-refractivity contribution >= 4 is 39.6 Å². The van der Waals surface area contributed by atoms with Gasteiger partial charge in [0, 0.05) is 12.3 Å². The number of carbonyl (C=O) groups is 2. The SMILES string of the molecule is CC(=O)Nc1nc(C)c(-c2csc(C(=O)N3CC[NH+](C)CC3)n2)s1. The van der Waals surface area contributed by atoms with Crippen LogP contribution in [0.1, 0.15) is 22.4 Å². The van der Waals surface area contributed by atoms with Crippen molar-refractivity contribution in [2.45, 2.75) is 13.8 Å². The van der Waals surface area contributed by atoms with Gasteiger partial charge in [0.15, 0.2) is 10.1 Å². The molecule has 0 bridgehead atoms. The monoisotopic (exact) mass is 366 g/mol. The van der Waals surface area contributed by atoms with Crippen molar-refractivity contribution in [3.05, 3.63) is 16.1 Å². The first-order chi connectivity index (χ1) is 11.4. The molecule has 2 aromatic rings. The van der Waals surface area contributed by atoms with Crippen LogP contribution < -0.4 is 10.2 Å². The van der Waals surface area contributed by atoms with E-state index in [0.717, 1.165) is 42.4 Å². The van der Waals surface area contributed by atoms with Gasteiger partial charge in [-0.15, -0.1) is 11.3 Å². The molecule has 1 aliphatic rings. The lowest BCUT2D eigenvalue weighted by atomic mass is 10.3. The molecule has 3 heterocycles. The highest BCUT2D eigenvalue weighted by Crippen LogP contribution is 2.33. The standard InChI is InChI=1S/C15H19N5O2S2/c1-9-12(24-15(16-9)17-10(2)21)11-8-23-13(18-11)14(22)20-6-4-19(3)5-7-20/h8H,4-7H2,1-3H3,(H,16,17,21)/p+1. The summed E-state index contributed by atoms with van der Waals surface area (Å²) in [4.78, 5) is 36.8. The molecule has 0 aliphatic carbocycles. The van der Waals surface area contributed by atoms with Gasteiger partial charge in [-0.3, -0.25) is 9.59 Å². The van der Waals surface area contributed by atoms with Gasteiger partial charge in [0.1, 0.15) is 0 Å². The van der Waals surface area contributed by atoms with Crippen molar-refractivity contribution in [1.82, 2.24) is 14.9 Å². The van der Waals surface area contributed by atoms with Gasteiger partial charge in [0.25, 0.3) is 5.91 Å². The summed E-state index contributed by atoms with van der Waals surface area (Å²) in [5.41, 5.74) is 1.55. The first-order valence-corrected chi connectivity index (χ1v) is 9.45. The largest absolute Gasteiger partial charge is 0.334 e. The van der Waals surface area contributed by atoms with Crippen molar-refractivity contribution in [3.63, 3.8) is 0 Å². The maximum atomic E-state index is 12.6. The van der Waals surface area contributed by atoms with Crippen LogP contribution in [0.4, 0.5) is 5.13 Å². The van der Waals surface area contributed by atoms with Gasteiger partial charge >= 0.3 is 0 Å². The number of nitrogens with one attached hydrogen (secondary N) is 2. The van der Waals surface area contributed by atoms with Crippen LogP contribution in [0.2, 0.25) is 0 Å². The molecule has 24 heavy (non-hydrogen) atoms. The second-order valence-corrected chi connectivity index (χ2v) is 7.76. The Bertz CT molecular complexity index is 762. The van der Waals surface area contributed by atoms with Gasteiger partial charge in [0.05, 0.1) is 49.5 Å². The molecule has 1 fully saturated rings. The van der Waals surface area contributed by atoms with Crippen molar-refractivity contribution in [2.24, 2.45) is 0 Å². The topological polar surface area (TPSA) is 79.6 Å². The number of aromatic nitrogens is 2. The number of hydrogen-bond acceptors (Lipinski definition) is 6. The number of hydrogen-bond donors (Lipinski definition) is 2.